The fraction of sp³-hybridized carbons (Fsp3) is 0.440. The predicted molar refractivity (Wildman–Crippen MR) is 139 cm³/mol. The molecule has 11 nitrogen and oxygen atoms in total. The number of carbonyl (C=O) groups is 2. The number of ether oxygens (including phenoxy) is 2. The number of aliphatic carboxylic acids is 1. The summed E-state index contributed by atoms with van der Waals surface area (Å²) in [5.41, 5.74) is 2.60. The van der Waals surface area contributed by atoms with Crippen molar-refractivity contribution in [1.82, 2.24) is 9.21 Å². The molecule has 1 amide bonds. The van der Waals surface area contributed by atoms with Gasteiger partial charge >= 0.3 is 13.1 Å². The molecule has 2 N–H and O–H groups in total. The Morgan fingerprint density at radius 3 is 2.21 bits per heavy atom. The van der Waals surface area contributed by atoms with Crippen LogP contribution in [0.5, 0.6) is 0 Å². The third-order valence-corrected chi connectivity index (χ3v) is 8.18. The van der Waals surface area contributed by atoms with Crippen LogP contribution >= 0.6 is 0 Å². The van der Waals surface area contributed by atoms with Gasteiger partial charge in [0.25, 0.3) is 5.91 Å². The molecule has 2 aromatic rings. The largest absolute Gasteiger partial charge is 0.492 e. The van der Waals surface area contributed by atoms with E-state index < -0.39 is 41.0 Å². The number of methoxy groups -OCH3 is 2. The molecular formula is C25H33BN2O9S. The van der Waals surface area contributed by atoms with Crippen LogP contribution in [0.25, 0.3) is 0 Å². The second-order valence-electron chi connectivity index (χ2n) is 9.37. The number of hydrogen-bond donors (Lipinski definition) is 2. The molecule has 0 radical (unpaired) electrons. The van der Waals surface area contributed by atoms with Crippen molar-refractivity contribution in [2.75, 3.05) is 27.7 Å². The number of hydrogen-bond acceptors (Lipinski definition) is 8. The topological polar surface area (TPSA) is 143 Å². The van der Waals surface area contributed by atoms with Crippen LogP contribution in [-0.4, -0.2) is 80.5 Å². The number of sulfonamides is 1. The molecule has 1 unspecified atom stereocenters. The minimum absolute atomic E-state index is 0.00433. The lowest BCUT2D eigenvalue weighted by atomic mass is 9.75. The van der Waals surface area contributed by atoms with Gasteiger partial charge in [0.2, 0.25) is 10.0 Å². The van der Waals surface area contributed by atoms with Crippen molar-refractivity contribution in [3.63, 3.8) is 0 Å². The van der Waals surface area contributed by atoms with Crippen molar-refractivity contribution in [1.29, 1.82) is 0 Å². The lowest BCUT2D eigenvalue weighted by Gasteiger charge is -2.32. The molecule has 1 aliphatic heterocycles. The van der Waals surface area contributed by atoms with Crippen molar-refractivity contribution in [3.05, 3.63) is 58.7 Å². The molecule has 0 spiro atoms. The molecule has 1 aliphatic rings. The Hall–Kier alpha value is -2.81. The van der Waals surface area contributed by atoms with Crippen molar-refractivity contribution < 1.29 is 42.3 Å². The zero-order valence-corrected chi connectivity index (χ0v) is 22.9. The maximum atomic E-state index is 13.8. The molecule has 3 rings (SSSR count). The average molecular weight is 548 g/mol. The van der Waals surface area contributed by atoms with Crippen LogP contribution in [0.1, 0.15) is 40.9 Å². The molecule has 206 valence electrons. The number of carboxylic acid groups (broad SMARTS) is 1. The van der Waals surface area contributed by atoms with Gasteiger partial charge in [0.05, 0.1) is 11.5 Å². The van der Waals surface area contributed by atoms with E-state index in [0.29, 0.717) is 16.6 Å². The number of carbonyl (C=O) groups excluding carboxylic acids is 1. The number of rotatable bonds is 12. The summed E-state index contributed by atoms with van der Waals surface area (Å²) in [6.07, 6.45) is 0. The van der Waals surface area contributed by atoms with E-state index in [4.69, 9.17) is 14.1 Å². The van der Waals surface area contributed by atoms with Crippen LogP contribution < -0.4 is 5.46 Å². The summed E-state index contributed by atoms with van der Waals surface area (Å²) >= 11 is 0. The third-order valence-electron chi connectivity index (χ3n) is 6.42. The Morgan fingerprint density at radius 2 is 1.68 bits per heavy atom. The van der Waals surface area contributed by atoms with Crippen LogP contribution in [0.15, 0.2) is 41.3 Å². The van der Waals surface area contributed by atoms with E-state index in [-0.39, 0.29) is 37.1 Å². The molecule has 13 heteroatoms. The highest BCUT2D eigenvalue weighted by Gasteiger charge is 2.36. The molecule has 0 fully saturated rings. The summed E-state index contributed by atoms with van der Waals surface area (Å²) in [6.45, 7) is 4.86. The van der Waals surface area contributed by atoms with Crippen LogP contribution in [0.3, 0.4) is 0 Å². The highest BCUT2D eigenvalue weighted by atomic mass is 32.2. The first kappa shape index (κ1) is 29.7. The first-order valence-electron chi connectivity index (χ1n) is 12.0. The van der Waals surface area contributed by atoms with Gasteiger partial charge in [-0.1, -0.05) is 32.0 Å². The number of carboxylic acids is 1. The zero-order chi connectivity index (χ0) is 28.2. The average Bonchev–Trinajstić information content (AvgIpc) is 3.24. The molecule has 0 aliphatic carbocycles. The molecule has 2 aromatic carbocycles. The number of benzene rings is 2. The normalized spacial score (nSPS) is 14.2. The van der Waals surface area contributed by atoms with Crippen LogP contribution in [0.2, 0.25) is 0 Å². The van der Waals surface area contributed by atoms with Gasteiger partial charge in [-0.3, -0.25) is 4.79 Å². The number of amides is 1. The number of nitrogens with zero attached hydrogens (tertiary/aromatic N) is 2. The molecule has 0 saturated carbocycles. The summed E-state index contributed by atoms with van der Waals surface area (Å²) in [7, 11) is -2.33. The first-order chi connectivity index (χ1) is 17.9. The van der Waals surface area contributed by atoms with Gasteiger partial charge in [0.15, 0.2) is 0 Å². The van der Waals surface area contributed by atoms with Crippen LogP contribution in [0, 0.1) is 12.8 Å². The van der Waals surface area contributed by atoms with Gasteiger partial charge in [0, 0.05) is 26.3 Å². The van der Waals surface area contributed by atoms with Gasteiger partial charge < -0.3 is 29.2 Å². The standard InChI is InChI=1S/C25H33BN2O9S/c1-16(2)23(25(30)31)28(24(29)21-11-8-19-13-37-26(32)22(19)17(21)3)12-18-6-9-20(10-7-18)38(33,34)27(14-35-4)15-36-5/h6-11,16,23,32H,12-15H2,1-5H3,(H,30,31). The van der Waals surface area contributed by atoms with E-state index >= 15 is 0 Å². The summed E-state index contributed by atoms with van der Waals surface area (Å²) < 4.78 is 42.2. The minimum Gasteiger partial charge on any atom is -0.480 e. The Morgan fingerprint density at radius 1 is 1.08 bits per heavy atom. The molecule has 0 aromatic heterocycles. The summed E-state index contributed by atoms with van der Waals surface area (Å²) in [5.74, 6) is -2.10. The van der Waals surface area contributed by atoms with Gasteiger partial charge in [-0.15, -0.1) is 4.31 Å². The van der Waals surface area contributed by atoms with Crippen molar-refractivity contribution >= 4 is 34.5 Å². The van der Waals surface area contributed by atoms with E-state index in [1.54, 1.807) is 32.9 Å². The summed E-state index contributed by atoms with van der Waals surface area (Å²) in [5, 5.41) is 20.2. The minimum atomic E-state index is -3.92. The Kier molecular flexibility index (Phi) is 9.68. The second-order valence-corrected chi connectivity index (χ2v) is 11.3. The van der Waals surface area contributed by atoms with E-state index in [1.807, 2.05) is 0 Å². The van der Waals surface area contributed by atoms with E-state index in [2.05, 4.69) is 0 Å². The maximum absolute atomic E-state index is 13.8. The quantitative estimate of drug-likeness (QED) is 0.295. The zero-order valence-electron chi connectivity index (χ0n) is 22.1. The summed E-state index contributed by atoms with van der Waals surface area (Å²) in [6, 6.07) is 8.02. The Balaban J connectivity index is 1.97. The fourth-order valence-electron chi connectivity index (χ4n) is 4.54. The third kappa shape index (κ3) is 6.09. The van der Waals surface area contributed by atoms with Crippen molar-refractivity contribution in [2.45, 2.75) is 44.9 Å². The van der Waals surface area contributed by atoms with Gasteiger partial charge in [0.1, 0.15) is 19.5 Å². The highest BCUT2D eigenvalue weighted by Crippen LogP contribution is 2.24. The molecule has 0 bridgehead atoms. The van der Waals surface area contributed by atoms with Gasteiger partial charge in [-0.2, -0.15) is 0 Å². The maximum Gasteiger partial charge on any atom is 0.492 e. The van der Waals surface area contributed by atoms with Crippen LogP contribution in [0.4, 0.5) is 0 Å². The predicted octanol–water partition coefficient (Wildman–Crippen LogP) is 1.16. The summed E-state index contributed by atoms with van der Waals surface area (Å²) in [4.78, 5) is 27.3. The second kappa shape index (κ2) is 12.4. The smallest absolute Gasteiger partial charge is 0.480 e. The van der Waals surface area contributed by atoms with Crippen LogP contribution in [-0.2, 0) is 42.1 Å². The highest BCUT2D eigenvalue weighted by molar-refractivity contribution is 7.89. The first-order valence-corrected chi connectivity index (χ1v) is 13.4. The van der Waals surface area contributed by atoms with Crippen molar-refractivity contribution in [2.24, 2.45) is 5.92 Å². The Labute approximate surface area is 223 Å². The van der Waals surface area contributed by atoms with Gasteiger partial charge in [-0.25, -0.2) is 13.2 Å². The lowest BCUT2D eigenvalue weighted by molar-refractivity contribution is -0.144. The van der Waals surface area contributed by atoms with E-state index in [9.17, 15) is 28.1 Å². The SMILES string of the molecule is COCN(COC)S(=O)(=O)c1ccc(CN(C(=O)c2ccc3c(c2C)B(O)OC3)C(C(=O)O)C(C)C)cc1. The monoisotopic (exact) mass is 548 g/mol. The molecule has 0 saturated heterocycles. The van der Waals surface area contributed by atoms with Gasteiger partial charge in [-0.05, 0) is 53.2 Å². The number of fused-ring (bicyclic) bond motifs is 1. The molecule has 1 atom stereocenters. The fourth-order valence-corrected chi connectivity index (χ4v) is 5.81. The van der Waals surface area contributed by atoms with E-state index in [1.165, 1.54) is 43.4 Å². The molecule has 38 heavy (non-hydrogen) atoms. The molecule has 1 heterocycles. The van der Waals surface area contributed by atoms with E-state index in [0.717, 1.165) is 9.87 Å². The lowest BCUT2D eigenvalue weighted by Crippen LogP contribution is -2.48. The Bertz CT molecular complexity index is 1260. The molecular weight excluding hydrogens is 515 g/mol. The van der Waals surface area contributed by atoms with Crippen molar-refractivity contribution in [3.8, 4) is 0 Å².